The summed E-state index contributed by atoms with van der Waals surface area (Å²) in [5.41, 5.74) is 8.33. The van der Waals surface area contributed by atoms with Gasteiger partial charge in [0.2, 0.25) is 0 Å². The van der Waals surface area contributed by atoms with Gasteiger partial charge in [-0.3, -0.25) is 0 Å². The predicted molar refractivity (Wildman–Crippen MR) is 78.4 cm³/mol. The topological polar surface area (TPSA) is 43.8 Å². The van der Waals surface area contributed by atoms with Gasteiger partial charge in [0.15, 0.2) is 0 Å². The van der Waals surface area contributed by atoms with Gasteiger partial charge < -0.3 is 5.73 Å². The summed E-state index contributed by atoms with van der Waals surface area (Å²) in [7, 11) is 0. The first-order valence-electron chi connectivity index (χ1n) is 6.00. The quantitative estimate of drug-likeness (QED) is 0.726. The van der Waals surface area contributed by atoms with Crippen molar-refractivity contribution in [2.75, 3.05) is 5.73 Å². The van der Waals surface area contributed by atoms with E-state index in [2.05, 4.69) is 5.10 Å². The highest BCUT2D eigenvalue weighted by Gasteiger charge is 2.09. The number of aromatic nitrogens is 2. The molecule has 0 unspecified atom stereocenters. The number of anilines is 1. The van der Waals surface area contributed by atoms with Crippen molar-refractivity contribution in [1.82, 2.24) is 9.78 Å². The van der Waals surface area contributed by atoms with Crippen LogP contribution in [0.4, 0.5) is 10.1 Å². The molecule has 20 heavy (non-hydrogen) atoms. The van der Waals surface area contributed by atoms with E-state index in [-0.39, 0.29) is 5.82 Å². The van der Waals surface area contributed by atoms with Crippen LogP contribution in [0.1, 0.15) is 0 Å². The lowest BCUT2D eigenvalue weighted by atomic mass is 10.1. The summed E-state index contributed by atoms with van der Waals surface area (Å²) in [6.45, 7) is 0. The molecule has 100 valence electrons. The Morgan fingerprint density at radius 3 is 2.70 bits per heavy atom. The molecule has 3 aromatic rings. The predicted octanol–water partition coefficient (Wildman–Crippen LogP) is 3.91. The highest BCUT2D eigenvalue weighted by molar-refractivity contribution is 6.30. The third kappa shape index (κ3) is 2.26. The van der Waals surface area contributed by atoms with Gasteiger partial charge in [-0.05, 0) is 24.3 Å². The Balaban J connectivity index is 2.04. The van der Waals surface area contributed by atoms with Crippen LogP contribution >= 0.6 is 11.6 Å². The zero-order chi connectivity index (χ0) is 14.1. The number of nitrogen functional groups attached to an aromatic ring is 1. The fraction of sp³-hybridized carbons (Fsp3) is 0. The molecule has 0 aliphatic rings. The molecule has 1 aromatic heterocycles. The second-order valence-electron chi connectivity index (χ2n) is 4.36. The maximum Gasteiger partial charge on any atom is 0.131 e. The summed E-state index contributed by atoms with van der Waals surface area (Å²) < 4.78 is 15.3. The van der Waals surface area contributed by atoms with E-state index in [0.29, 0.717) is 27.5 Å². The molecule has 0 radical (unpaired) electrons. The summed E-state index contributed by atoms with van der Waals surface area (Å²) >= 11 is 5.87. The molecule has 0 fully saturated rings. The Bertz CT molecular complexity index is 767. The largest absolute Gasteiger partial charge is 0.397 e. The highest BCUT2D eigenvalue weighted by atomic mass is 35.5. The third-order valence-electron chi connectivity index (χ3n) is 3.00. The zero-order valence-corrected chi connectivity index (χ0v) is 11.2. The van der Waals surface area contributed by atoms with Gasteiger partial charge in [0.05, 0.1) is 17.6 Å². The standard InChI is InChI=1S/C15H11ClFN3/c16-11-5-6-15(14(18)7-11)20-9-10(8-19-20)12-3-1-2-4-13(12)17/h1-9H,18H2. The van der Waals surface area contributed by atoms with Crippen LogP contribution < -0.4 is 5.73 Å². The number of nitrogens with zero attached hydrogens (tertiary/aromatic N) is 2. The molecule has 2 N–H and O–H groups in total. The highest BCUT2D eigenvalue weighted by Crippen LogP contribution is 2.25. The van der Waals surface area contributed by atoms with Crippen molar-refractivity contribution >= 4 is 17.3 Å². The Labute approximate surface area is 120 Å². The number of benzene rings is 2. The molecule has 0 bridgehead atoms. The summed E-state index contributed by atoms with van der Waals surface area (Å²) in [4.78, 5) is 0. The molecule has 0 saturated heterocycles. The molecule has 0 aliphatic heterocycles. The Morgan fingerprint density at radius 2 is 1.95 bits per heavy atom. The van der Waals surface area contributed by atoms with Crippen LogP contribution in [0, 0.1) is 5.82 Å². The van der Waals surface area contributed by atoms with Gasteiger partial charge in [0, 0.05) is 22.3 Å². The van der Waals surface area contributed by atoms with Crippen LogP contribution in [-0.4, -0.2) is 9.78 Å². The van der Waals surface area contributed by atoms with Gasteiger partial charge in [-0.15, -0.1) is 0 Å². The molecule has 3 rings (SSSR count). The maximum absolute atomic E-state index is 13.7. The van der Waals surface area contributed by atoms with Crippen LogP contribution in [0.2, 0.25) is 5.02 Å². The number of hydrogen-bond donors (Lipinski definition) is 1. The minimum Gasteiger partial charge on any atom is -0.397 e. The first kappa shape index (κ1) is 12.7. The molecule has 0 atom stereocenters. The number of halogens is 2. The van der Waals surface area contributed by atoms with Crippen molar-refractivity contribution in [3.8, 4) is 16.8 Å². The molecule has 0 amide bonds. The number of nitrogens with two attached hydrogens (primary N) is 1. The second-order valence-corrected chi connectivity index (χ2v) is 4.79. The minimum atomic E-state index is -0.281. The maximum atomic E-state index is 13.7. The van der Waals surface area contributed by atoms with Crippen LogP contribution in [0.3, 0.4) is 0 Å². The number of hydrogen-bond acceptors (Lipinski definition) is 2. The zero-order valence-electron chi connectivity index (χ0n) is 10.4. The molecule has 5 heteroatoms. The average molecular weight is 288 g/mol. The lowest BCUT2D eigenvalue weighted by molar-refractivity contribution is 0.631. The molecule has 1 heterocycles. The lowest BCUT2D eigenvalue weighted by Crippen LogP contribution is -1.99. The Morgan fingerprint density at radius 1 is 1.15 bits per heavy atom. The molecule has 0 saturated carbocycles. The summed E-state index contributed by atoms with van der Waals surface area (Å²) in [5.74, 6) is -0.281. The van der Waals surface area contributed by atoms with E-state index in [1.54, 1.807) is 53.5 Å². The van der Waals surface area contributed by atoms with Crippen LogP contribution in [0.15, 0.2) is 54.9 Å². The number of rotatable bonds is 2. The molecule has 2 aromatic carbocycles. The Kier molecular flexibility index (Phi) is 3.16. The molecular weight excluding hydrogens is 277 g/mol. The first-order chi connectivity index (χ1) is 9.65. The molecule has 3 nitrogen and oxygen atoms in total. The van der Waals surface area contributed by atoms with E-state index in [4.69, 9.17) is 17.3 Å². The SMILES string of the molecule is Nc1cc(Cl)ccc1-n1cc(-c2ccccc2F)cn1. The van der Waals surface area contributed by atoms with Crippen molar-refractivity contribution in [3.63, 3.8) is 0 Å². The van der Waals surface area contributed by atoms with E-state index in [0.717, 1.165) is 0 Å². The van der Waals surface area contributed by atoms with E-state index in [1.165, 1.54) is 6.07 Å². The molecular formula is C15H11ClFN3. The van der Waals surface area contributed by atoms with Gasteiger partial charge in [-0.1, -0.05) is 29.8 Å². The molecule has 0 aliphatic carbocycles. The normalized spacial score (nSPS) is 10.7. The smallest absolute Gasteiger partial charge is 0.131 e. The van der Waals surface area contributed by atoms with Gasteiger partial charge in [-0.25, -0.2) is 9.07 Å². The monoisotopic (exact) mass is 287 g/mol. The molecule has 0 spiro atoms. The van der Waals surface area contributed by atoms with E-state index in [1.807, 2.05) is 0 Å². The van der Waals surface area contributed by atoms with Gasteiger partial charge in [-0.2, -0.15) is 5.10 Å². The Hall–Kier alpha value is -2.33. The van der Waals surface area contributed by atoms with Crippen LogP contribution in [-0.2, 0) is 0 Å². The van der Waals surface area contributed by atoms with Crippen molar-refractivity contribution < 1.29 is 4.39 Å². The van der Waals surface area contributed by atoms with E-state index in [9.17, 15) is 4.39 Å². The van der Waals surface area contributed by atoms with Crippen LogP contribution in [0.5, 0.6) is 0 Å². The van der Waals surface area contributed by atoms with E-state index < -0.39 is 0 Å². The van der Waals surface area contributed by atoms with Gasteiger partial charge in [0.1, 0.15) is 5.82 Å². The lowest BCUT2D eigenvalue weighted by Gasteiger charge is -2.05. The van der Waals surface area contributed by atoms with Crippen LogP contribution in [0.25, 0.3) is 16.8 Å². The fourth-order valence-electron chi connectivity index (χ4n) is 2.02. The van der Waals surface area contributed by atoms with Crippen molar-refractivity contribution in [2.45, 2.75) is 0 Å². The van der Waals surface area contributed by atoms with Crippen molar-refractivity contribution in [2.24, 2.45) is 0 Å². The minimum absolute atomic E-state index is 0.281. The summed E-state index contributed by atoms with van der Waals surface area (Å²) in [6.07, 6.45) is 3.34. The van der Waals surface area contributed by atoms with Gasteiger partial charge >= 0.3 is 0 Å². The summed E-state index contributed by atoms with van der Waals surface area (Å²) in [6, 6.07) is 11.7. The third-order valence-corrected chi connectivity index (χ3v) is 3.24. The fourth-order valence-corrected chi connectivity index (χ4v) is 2.20. The second kappa shape index (κ2) is 4.98. The average Bonchev–Trinajstić information content (AvgIpc) is 2.88. The van der Waals surface area contributed by atoms with E-state index >= 15 is 0 Å². The van der Waals surface area contributed by atoms with Crippen molar-refractivity contribution in [3.05, 3.63) is 65.7 Å². The summed E-state index contributed by atoms with van der Waals surface area (Å²) in [5, 5.41) is 4.78. The van der Waals surface area contributed by atoms with Gasteiger partial charge in [0.25, 0.3) is 0 Å². The van der Waals surface area contributed by atoms with Crippen molar-refractivity contribution in [1.29, 1.82) is 0 Å². The first-order valence-corrected chi connectivity index (χ1v) is 6.38.